The van der Waals surface area contributed by atoms with E-state index in [1.54, 1.807) is 0 Å². The van der Waals surface area contributed by atoms with E-state index in [4.69, 9.17) is 0 Å². The molecule has 0 aliphatic heterocycles. The average molecular weight is 282 g/mol. The summed E-state index contributed by atoms with van der Waals surface area (Å²) in [6.45, 7) is 9.84. The minimum atomic E-state index is 0.517. The van der Waals surface area contributed by atoms with E-state index in [0.29, 0.717) is 6.04 Å². The van der Waals surface area contributed by atoms with Crippen molar-refractivity contribution < 1.29 is 0 Å². The van der Waals surface area contributed by atoms with Crippen LogP contribution in [0.3, 0.4) is 0 Å². The minimum absolute atomic E-state index is 0.517. The monoisotopic (exact) mass is 282 g/mol. The highest BCUT2D eigenvalue weighted by molar-refractivity contribution is 7.26. The van der Waals surface area contributed by atoms with E-state index >= 15 is 0 Å². The Labute approximate surface area is 117 Å². The number of hydrogen-bond donors (Lipinski definition) is 2. The highest BCUT2D eigenvalue weighted by Crippen LogP contribution is 2.29. The normalized spacial score (nSPS) is 13.6. The Bertz CT molecular complexity index is 444. The number of hydrogen-bond acceptors (Lipinski definition) is 4. The second-order valence-electron chi connectivity index (χ2n) is 5.20. The summed E-state index contributed by atoms with van der Waals surface area (Å²) in [5, 5.41) is 9.22. The van der Waals surface area contributed by atoms with Crippen molar-refractivity contribution in [3.63, 3.8) is 0 Å². The molecule has 0 saturated carbocycles. The summed E-state index contributed by atoms with van der Waals surface area (Å²) >= 11 is 3.73. The van der Waals surface area contributed by atoms with Crippen LogP contribution in [0.4, 0.5) is 0 Å². The Hall–Kier alpha value is -0.420. The topological polar surface area (TPSA) is 24.1 Å². The first-order valence-corrected chi connectivity index (χ1v) is 8.25. The van der Waals surface area contributed by atoms with Gasteiger partial charge in [-0.15, -0.1) is 22.7 Å². The SMILES string of the molecule is CC(C)CNCC(C)NCc1cc2sccc2s1. The van der Waals surface area contributed by atoms with Gasteiger partial charge in [0, 0.05) is 33.4 Å². The second kappa shape index (κ2) is 6.66. The molecule has 2 heterocycles. The van der Waals surface area contributed by atoms with Gasteiger partial charge in [0.2, 0.25) is 0 Å². The molecule has 0 amide bonds. The first kappa shape index (κ1) is 14.0. The smallest absolute Gasteiger partial charge is 0.0453 e. The van der Waals surface area contributed by atoms with Crippen LogP contribution in [-0.4, -0.2) is 19.1 Å². The molecule has 2 nitrogen and oxygen atoms in total. The van der Waals surface area contributed by atoms with E-state index in [0.717, 1.165) is 25.6 Å². The van der Waals surface area contributed by atoms with E-state index in [-0.39, 0.29) is 0 Å². The molecule has 0 fully saturated rings. The Morgan fingerprint density at radius 3 is 2.72 bits per heavy atom. The fraction of sp³-hybridized carbons (Fsp3) is 0.571. The molecule has 2 aromatic heterocycles. The van der Waals surface area contributed by atoms with Crippen molar-refractivity contribution in [1.82, 2.24) is 10.6 Å². The van der Waals surface area contributed by atoms with Gasteiger partial charge in [-0.3, -0.25) is 0 Å². The number of thiophene rings is 2. The predicted octanol–water partition coefficient (Wildman–Crippen LogP) is 3.69. The van der Waals surface area contributed by atoms with Crippen LogP contribution in [0.15, 0.2) is 17.5 Å². The first-order valence-electron chi connectivity index (χ1n) is 6.55. The largest absolute Gasteiger partial charge is 0.315 e. The maximum absolute atomic E-state index is 3.58. The van der Waals surface area contributed by atoms with Crippen molar-refractivity contribution in [3.05, 3.63) is 22.4 Å². The molecule has 2 aromatic rings. The summed E-state index contributed by atoms with van der Waals surface area (Å²) < 4.78 is 2.84. The van der Waals surface area contributed by atoms with Crippen LogP contribution in [0.1, 0.15) is 25.6 Å². The van der Waals surface area contributed by atoms with Crippen molar-refractivity contribution in [3.8, 4) is 0 Å². The Morgan fingerprint density at radius 2 is 2.00 bits per heavy atom. The first-order chi connectivity index (χ1) is 8.65. The Kier molecular flexibility index (Phi) is 5.18. The van der Waals surface area contributed by atoms with Crippen molar-refractivity contribution >= 4 is 32.1 Å². The van der Waals surface area contributed by atoms with Crippen LogP contribution in [0.25, 0.3) is 9.40 Å². The van der Waals surface area contributed by atoms with Crippen molar-refractivity contribution in [2.75, 3.05) is 13.1 Å². The molecular formula is C14H22N2S2. The molecule has 100 valence electrons. The molecule has 0 radical (unpaired) electrons. The fourth-order valence-electron chi connectivity index (χ4n) is 1.84. The van der Waals surface area contributed by atoms with Crippen molar-refractivity contribution in [1.29, 1.82) is 0 Å². The molecule has 0 aliphatic carbocycles. The van der Waals surface area contributed by atoms with Crippen molar-refractivity contribution in [2.24, 2.45) is 5.92 Å². The molecule has 4 heteroatoms. The highest BCUT2D eigenvalue weighted by Gasteiger charge is 2.05. The molecular weight excluding hydrogens is 260 g/mol. The van der Waals surface area contributed by atoms with Crippen LogP contribution < -0.4 is 10.6 Å². The molecule has 1 unspecified atom stereocenters. The van der Waals surface area contributed by atoms with Gasteiger partial charge < -0.3 is 10.6 Å². The number of fused-ring (bicyclic) bond motifs is 1. The number of rotatable bonds is 7. The van der Waals surface area contributed by atoms with Crippen LogP contribution in [0.5, 0.6) is 0 Å². The Morgan fingerprint density at radius 1 is 1.17 bits per heavy atom. The maximum atomic E-state index is 3.58. The van der Waals surface area contributed by atoms with Gasteiger partial charge in [0.05, 0.1) is 0 Å². The summed E-state index contributed by atoms with van der Waals surface area (Å²) in [6, 6.07) is 5.04. The van der Waals surface area contributed by atoms with Gasteiger partial charge in [-0.25, -0.2) is 0 Å². The fourth-order valence-corrected chi connectivity index (χ4v) is 3.92. The molecule has 0 saturated heterocycles. The average Bonchev–Trinajstić information content (AvgIpc) is 2.85. The summed E-state index contributed by atoms with van der Waals surface area (Å²) in [6.07, 6.45) is 0. The molecule has 0 spiro atoms. The molecule has 2 N–H and O–H groups in total. The van der Waals surface area contributed by atoms with E-state index in [2.05, 4.69) is 48.9 Å². The van der Waals surface area contributed by atoms with Gasteiger partial charge >= 0.3 is 0 Å². The van der Waals surface area contributed by atoms with Crippen LogP contribution >= 0.6 is 22.7 Å². The lowest BCUT2D eigenvalue weighted by molar-refractivity contribution is 0.473. The molecule has 1 atom stereocenters. The van der Waals surface area contributed by atoms with E-state index < -0.39 is 0 Å². The maximum Gasteiger partial charge on any atom is 0.0453 e. The quantitative estimate of drug-likeness (QED) is 0.809. The summed E-state index contributed by atoms with van der Waals surface area (Å²) in [4.78, 5) is 1.44. The van der Waals surface area contributed by atoms with Gasteiger partial charge in [-0.2, -0.15) is 0 Å². The molecule has 18 heavy (non-hydrogen) atoms. The third-order valence-electron chi connectivity index (χ3n) is 2.82. The van der Waals surface area contributed by atoms with Gasteiger partial charge in [0.1, 0.15) is 0 Å². The van der Waals surface area contributed by atoms with Gasteiger partial charge in [-0.05, 0) is 36.9 Å². The highest BCUT2D eigenvalue weighted by atomic mass is 32.1. The van der Waals surface area contributed by atoms with E-state index in [1.165, 1.54) is 14.3 Å². The lowest BCUT2D eigenvalue weighted by Gasteiger charge is -2.15. The predicted molar refractivity (Wildman–Crippen MR) is 83.7 cm³/mol. The summed E-state index contributed by atoms with van der Waals surface area (Å²) in [5.74, 6) is 0.723. The zero-order valence-electron chi connectivity index (χ0n) is 11.3. The molecule has 0 aromatic carbocycles. The van der Waals surface area contributed by atoms with Crippen molar-refractivity contribution in [2.45, 2.75) is 33.4 Å². The third-order valence-corrected chi connectivity index (χ3v) is 4.91. The van der Waals surface area contributed by atoms with Gasteiger partial charge in [0.25, 0.3) is 0 Å². The van der Waals surface area contributed by atoms with E-state index in [1.807, 2.05) is 22.7 Å². The Balaban J connectivity index is 1.72. The summed E-state index contributed by atoms with van der Waals surface area (Å²) in [7, 11) is 0. The molecule has 0 bridgehead atoms. The third kappa shape index (κ3) is 4.05. The zero-order valence-corrected chi connectivity index (χ0v) is 13.0. The minimum Gasteiger partial charge on any atom is -0.315 e. The summed E-state index contributed by atoms with van der Waals surface area (Å²) in [5.41, 5.74) is 0. The zero-order chi connectivity index (χ0) is 13.0. The second-order valence-corrected chi connectivity index (χ2v) is 7.31. The lowest BCUT2D eigenvalue weighted by Crippen LogP contribution is -2.37. The number of nitrogens with one attached hydrogen (secondary N) is 2. The van der Waals surface area contributed by atoms with Gasteiger partial charge in [0.15, 0.2) is 0 Å². The lowest BCUT2D eigenvalue weighted by atomic mass is 10.2. The molecule has 2 rings (SSSR count). The van der Waals surface area contributed by atoms with Crippen LogP contribution in [0.2, 0.25) is 0 Å². The standard InChI is InChI=1S/C14H22N2S2/c1-10(2)7-15-8-11(3)16-9-12-6-14-13(18-12)4-5-17-14/h4-6,10-11,15-16H,7-9H2,1-3H3. The van der Waals surface area contributed by atoms with Crippen LogP contribution in [-0.2, 0) is 6.54 Å². The van der Waals surface area contributed by atoms with Crippen LogP contribution in [0, 0.1) is 5.92 Å². The van der Waals surface area contributed by atoms with Gasteiger partial charge in [-0.1, -0.05) is 13.8 Å². The van der Waals surface area contributed by atoms with E-state index in [9.17, 15) is 0 Å². The molecule has 0 aliphatic rings.